The SMILES string of the molecule is C=CCCCC(C)Nc1ccc(C(N)=O)nn1. The average molecular weight is 234 g/mol. The molecule has 17 heavy (non-hydrogen) atoms. The van der Waals surface area contributed by atoms with Crippen LogP contribution in [0.3, 0.4) is 0 Å². The van der Waals surface area contributed by atoms with E-state index in [2.05, 4.69) is 29.0 Å². The molecule has 5 nitrogen and oxygen atoms in total. The van der Waals surface area contributed by atoms with Crippen LogP contribution in [0.15, 0.2) is 24.8 Å². The summed E-state index contributed by atoms with van der Waals surface area (Å²) < 4.78 is 0. The molecule has 0 aromatic carbocycles. The van der Waals surface area contributed by atoms with Gasteiger partial charge in [-0.3, -0.25) is 4.79 Å². The maximum absolute atomic E-state index is 10.8. The van der Waals surface area contributed by atoms with E-state index in [0.717, 1.165) is 19.3 Å². The van der Waals surface area contributed by atoms with Gasteiger partial charge in [-0.2, -0.15) is 0 Å². The van der Waals surface area contributed by atoms with Gasteiger partial charge < -0.3 is 11.1 Å². The van der Waals surface area contributed by atoms with Crippen LogP contribution in [-0.2, 0) is 0 Å². The second-order valence-electron chi connectivity index (χ2n) is 3.93. The number of unbranched alkanes of at least 4 members (excludes halogenated alkanes) is 1. The first-order valence-corrected chi connectivity index (χ1v) is 5.64. The van der Waals surface area contributed by atoms with Crippen molar-refractivity contribution in [2.24, 2.45) is 5.73 Å². The van der Waals surface area contributed by atoms with Gasteiger partial charge in [0, 0.05) is 6.04 Å². The van der Waals surface area contributed by atoms with E-state index in [9.17, 15) is 4.79 Å². The molecule has 0 saturated heterocycles. The first-order chi connectivity index (χ1) is 8.13. The highest BCUT2D eigenvalue weighted by atomic mass is 16.1. The number of aromatic nitrogens is 2. The summed E-state index contributed by atoms with van der Waals surface area (Å²) in [6.45, 7) is 5.76. The van der Waals surface area contributed by atoms with Crippen molar-refractivity contribution < 1.29 is 4.79 Å². The summed E-state index contributed by atoms with van der Waals surface area (Å²) in [5.41, 5.74) is 5.25. The van der Waals surface area contributed by atoms with E-state index in [4.69, 9.17) is 5.73 Å². The zero-order valence-electron chi connectivity index (χ0n) is 10.0. The van der Waals surface area contributed by atoms with Crippen LogP contribution in [0.1, 0.15) is 36.7 Å². The number of nitrogens with two attached hydrogens (primary N) is 1. The lowest BCUT2D eigenvalue weighted by Gasteiger charge is -2.13. The summed E-state index contributed by atoms with van der Waals surface area (Å²) in [4.78, 5) is 10.8. The van der Waals surface area contributed by atoms with E-state index < -0.39 is 5.91 Å². The molecule has 0 spiro atoms. The minimum absolute atomic E-state index is 0.176. The topological polar surface area (TPSA) is 80.9 Å². The van der Waals surface area contributed by atoms with Crippen LogP contribution in [0.4, 0.5) is 5.82 Å². The largest absolute Gasteiger partial charge is 0.366 e. The molecule has 1 atom stereocenters. The Morgan fingerprint density at radius 2 is 2.35 bits per heavy atom. The minimum Gasteiger partial charge on any atom is -0.366 e. The van der Waals surface area contributed by atoms with Crippen LogP contribution in [0.25, 0.3) is 0 Å². The first kappa shape index (κ1) is 13.2. The van der Waals surface area contributed by atoms with Gasteiger partial charge in [-0.15, -0.1) is 16.8 Å². The third-order valence-corrected chi connectivity index (χ3v) is 2.36. The summed E-state index contributed by atoms with van der Waals surface area (Å²) in [6, 6.07) is 3.58. The zero-order valence-corrected chi connectivity index (χ0v) is 10.0. The molecule has 0 aliphatic heterocycles. The standard InChI is InChI=1S/C12H18N4O/c1-3-4-5-6-9(2)14-11-8-7-10(12(13)17)15-16-11/h3,7-9H,1,4-6H2,2H3,(H2,13,17)(H,14,16). The molecule has 1 unspecified atom stereocenters. The van der Waals surface area contributed by atoms with Gasteiger partial charge in [0.15, 0.2) is 5.69 Å². The van der Waals surface area contributed by atoms with Crippen LogP contribution in [-0.4, -0.2) is 22.1 Å². The fourth-order valence-corrected chi connectivity index (χ4v) is 1.43. The molecule has 0 aliphatic carbocycles. The minimum atomic E-state index is -0.567. The second-order valence-corrected chi connectivity index (χ2v) is 3.93. The van der Waals surface area contributed by atoms with Crippen molar-refractivity contribution in [1.82, 2.24) is 10.2 Å². The molecular weight excluding hydrogens is 216 g/mol. The highest BCUT2D eigenvalue weighted by molar-refractivity contribution is 5.90. The molecule has 1 rings (SSSR count). The number of carbonyl (C=O) groups is 1. The number of nitrogens with zero attached hydrogens (tertiary/aromatic N) is 2. The van der Waals surface area contributed by atoms with Gasteiger partial charge in [0.25, 0.3) is 5.91 Å². The van der Waals surface area contributed by atoms with Gasteiger partial charge in [0.2, 0.25) is 0 Å². The highest BCUT2D eigenvalue weighted by Crippen LogP contribution is 2.08. The van der Waals surface area contributed by atoms with E-state index in [-0.39, 0.29) is 5.69 Å². The molecule has 0 bridgehead atoms. The number of amides is 1. The van der Waals surface area contributed by atoms with E-state index >= 15 is 0 Å². The van der Waals surface area contributed by atoms with Gasteiger partial charge in [-0.05, 0) is 38.3 Å². The van der Waals surface area contributed by atoms with Crippen molar-refractivity contribution in [3.8, 4) is 0 Å². The molecule has 0 radical (unpaired) electrons. The molecule has 0 fully saturated rings. The summed E-state index contributed by atoms with van der Waals surface area (Å²) in [7, 11) is 0. The average Bonchev–Trinajstić information content (AvgIpc) is 2.30. The third kappa shape index (κ3) is 4.63. The number of carbonyl (C=O) groups excluding carboxylic acids is 1. The smallest absolute Gasteiger partial charge is 0.269 e. The fraction of sp³-hybridized carbons (Fsp3) is 0.417. The number of primary amides is 1. The molecule has 1 aromatic heterocycles. The number of allylic oxidation sites excluding steroid dienone is 1. The van der Waals surface area contributed by atoms with Gasteiger partial charge >= 0.3 is 0 Å². The van der Waals surface area contributed by atoms with Crippen LogP contribution in [0.2, 0.25) is 0 Å². The summed E-state index contributed by atoms with van der Waals surface area (Å²) in [5.74, 6) is 0.0872. The number of hydrogen-bond donors (Lipinski definition) is 2. The highest BCUT2D eigenvalue weighted by Gasteiger charge is 2.05. The van der Waals surface area contributed by atoms with E-state index in [1.165, 1.54) is 0 Å². The Balaban J connectivity index is 2.45. The number of anilines is 1. The quantitative estimate of drug-likeness (QED) is 0.556. The lowest BCUT2D eigenvalue weighted by atomic mass is 10.1. The Labute approximate surface area is 101 Å². The third-order valence-electron chi connectivity index (χ3n) is 2.36. The van der Waals surface area contributed by atoms with Gasteiger partial charge in [-0.1, -0.05) is 6.08 Å². The van der Waals surface area contributed by atoms with Crippen LogP contribution >= 0.6 is 0 Å². The van der Waals surface area contributed by atoms with Crippen LogP contribution in [0, 0.1) is 0 Å². The normalized spacial score (nSPS) is 11.8. The molecule has 3 N–H and O–H groups in total. The number of hydrogen-bond acceptors (Lipinski definition) is 4. The van der Waals surface area contributed by atoms with Gasteiger partial charge in [-0.25, -0.2) is 0 Å². The number of nitrogens with one attached hydrogen (secondary N) is 1. The molecule has 0 saturated carbocycles. The molecular formula is C12H18N4O. The van der Waals surface area contributed by atoms with Crippen molar-refractivity contribution in [3.63, 3.8) is 0 Å². The van der Waals surface area contributed by atoms with E-state index in [1.807, 2.05) is 6.08 Å². The molecule has 1 heterocycles. The van der Waals surface area contributed by atoms with Crippen molar-refractivity contribution in [3.05, 3.63) is 30.5 Å². The van der Waals surface area contributed by atoms with Crippen LogP contribution < -0.4 is 11.1 Å². The molecule has 92 valence electrons. The Hall–Kier alpha value is -1.91. The van der Waals surface area contributed by atoms with E-state index in [1.54, 1.807) is 12.1 Å². The van der Waals surface area contributed by atoms with Crippen molar-refractivity contribution in [1.29, 1.82) is 0 Å². The second kappa shape index (κ2) is 6.62. The van der Waals surface area contributed by atoms with E-state index in [0.29, 0.717) is 11.9 Å². The number of rotatable bonds is 7. The molecule has 0 aliphatic rings. The Bertz CT molecular complexity index is 375. The Morgan fingerprint density at radius 1 is 1.59 bits per heavy atom. The zero-order chi connectivity index (χ0) is 12.7. The van der Waals surface area contributed by atoms with Crippen molar-refractivity contribution in [2.75, 3.05) is 5.32 Å². The summed E-state index contributed by atoms with van der Waals surface area (Å²) in [5, 5.41) is 10.8. The van der Waals surface area contributed by atoms with Crippen LogP contribution in [0.5, 0.6) is 0 Å². The van der Waals surface area contributed by atoms with Gasteiger partial charge in [0.1, 0.15) is 5.82 Å². The molecule has 5 heteroatoms. The van der Waals surface area contributed by atoms with Crippen molar-refractivity contribution >= 4 is 11.7 Å². The summed E-state index contributed by atoms with van der Waals surface area (Å²) >= 11 is 0. The lowest BCUT2D eigenvalue weighted by molar-refractivity contribution is 0.0994. The Kier molecular flexibility index (Phi) is 5.13. The Morgan fingerprint density at radius 3 is 2.88 bits per heavy atom. The predicted molar refractivity (Wildman–Crippen MR) is 67.7 cm³/mol. The maximum atomic E-state index is 10.8. The lowest BCUT2D eigenvalue weighted by Crippen LogP contribution is -2.18. The maximum Gasteiger partial charge on any atom is 0.269 e. The van der Waals surface area contributed by atoms with Gasteiger partial charge in [0.05, 0.1) is 0 Å². The predicted octanol–water partition coefficient (Wildman–Crippen LogP) is 1.73. The monoisotopic (exact) mass is 234 g/mol. The first-order valence-electron chi connectivity index (χ1n) is 5.64. The van der Waals surface area contributed by atoms with Crippen molar-refractivity contribution in [2.45, 2.75) is 32.2 Å². The molecule has 1 amide bonds. The summed E-state index contributed by atoms with van der Waals surface area (Å²) in [6.07, 6.45) is 5.04. The fourth-order valence-electron chi connectivity index (χ4n) is 1.43. The molecule has 1 aromatic rings.